The first-order valence-corrected chi connectivity index (χ1v) is 8.29. The fourth-order valence-corrected chi connectivity index (χ4v) is 3.15. The van der Waals surface area contributed by atoms with E-state index in [1.165, 1.54) is 23.1 Å². The standard InChI is InChI=1S/C17H16ClFN2O5/c1-9-14(16(20-26-9)15-11(18)3-2-4-12(15)19)17(24)21-5-6-25-10(8-21)7-13(22)23/h2-4,10H,5-8H2,1H3,(H,22,23). The summed E-state index contributed by atoms with van der Waals surface area (Å²) in [5.74, 6) is -1.84. The number of carbonyl (C=O) groups is 2. The van der Waals surface area contributed by atoms with Crippen LogP contribution in [0.2, 0.25) is 5.02 Å². The molecule has 3 rings (SSSR count). The van der Waals surface area contributed by atoms with E-state index in [0.29, 0.717) is 0 Å². The molecule has 9 heteroatoms. The maximum atomic E-state index is 14.3. The van der Waals surface area contributed by atoms with Gasteiger partial charge in [0.1, 0.15) is 22.8 Å². The van der Waals surface area contributed by atoms with Crippen molar-refractivity contribution >= 4 is 23.5 Å². The van der Waals surface area contributed by atoms with Crippen molar-refractivity contribution in [3.8, 4) is 11.3 Å². The number of carboxylic acid groups (broad SMARTS) is 1. The molecular formula is C17H16ClFN2O5. The summed E-state index contributed by atoms with van der Waals surface area (Å²) in [4.78, 5) is 25.3. The lowest BCUT2D eigenvalue weighted by Crippen LogP contribution is -2.46. The number of morpholine rings is 1. The van der Waals surface area contributed by atoms with E-state index in [1.54, 1.807) is 6.92 Å². The number of nitrogens with zero attached hydrogens (tertiary/aromatic N) is 2. The largest absolute Gasteiger partial charge is 0.481 e. The monoisotopic (exact) mass is 382 g/mol. The summed E-state index contributed by atoms with van der Waals surface area (Å²) in [5.41, 5.74) is 0.120. The van der Waals surface area contributed by atoms with Crippen LogP contribution in [0.3, 0.4) is 0 Å². The minimum atomic E-state index is -1.01. The zero-order valence-electron chi connectivity index (χ0n) is 13.9. The van der Waals surface area contributed by atoms with Crippen LogP contribution in [-0.2, 0) is 9.53 Å². The molecule has 1 fully saturated rings. The molecule has 1 N–H and O–H groups in total. The molecule has 2 aromatic rings. The first-order valence-electron chi connectivity index (χ1n) is 7.91. The fraction of sp³-hybridized carbons (Fsp3) is 0.353. The zero-order chi connectivity index (χ0) is 18.8. The summed E-state index contributed by atoms with van der Waals surface area (Å²) >= 11 is 6.08. The van der Waals surface area contributed by atoms with Gasteiger partial charge < -0.3 is 19.3 Å². The molecule has 1 saturated heterocycles. The molecule has 1 aromatic heterocycles. The highest BCUT2D eigenvalue weighted by molar-refractivity contribution is 6.33. The van der Waals surface area contributed by atoms with Crippen molar-refractivity contribution in [3.05, 3.63) is 40.4 Å². The Labute approximate surface area is 153 Å². The van der Waals surface area contributed by atoms with E-state index in [4.69, 9.17) is 26.0 Å². The summed E-state index contributed by atoms with van der Waals surface area (Å²) in [6, 6.07) is 4.17. The Morgan fingerprint density at radius 2 is 2.23 bits per heavy atom. The van der Waals surface area contributed by atoms with Gasteiger partial charge in [-0.1, -0.05) is 22.8 Å². The van der Waals surface area contributed by atoms with Gasteiger partial charge in [-0.05, 0) is 19.1 Å². The number of carboxylic acids is 1. The number of hydrogen-bond donors (Lipinski definition) is 1. The number of benzene rings is 1. The number of amides is 1. The molecule has 26 heavy (non-hydrogen) atoms. The normalized spacial score (nSPS) is 17.3. The van der Waals surface area contributed by atoms with Gasteiger partial charge in [-0.25, -0.2) is 4.39 Å². The second-order valence-electron chi connectivity index (χ2n) is 5.90. The van der Waals surface area contributed by atoms with Crippen LogP contribution in [0.15, 0.2) is 22.7 Å². The Morgan fingerprint density at radius 3 is 2.92 bits per heavy atom. The molecule has 1 aliphatic rings. The highest BCUT2D eigenvalue weighted by Crippen LogP contribution is 2.34. The smallest absolute Gasteiger partial charge is 0.306 e. The van der Waals surface area contributed by atoms with Crippen LogP contribution in [0.25, 0.3) is 11.3 Å². The molecular weight excluding hydrogens is 367 g/mol. The second-order valence-corrected chi connectivity index (χ2v) is 6.31. The molecule has 0 spiro atoms. The van der Waals surface area contributed by atoms with E-state index >= 15 is 0 Å². The summed E-state index contributed by atoms with van der Waals surface area (Å²) in [7, 11) is 0. The number of ether oxygens (including phenoxy) is 1. The minimum absolute atomic E-state index is 0.00953. The van der Waals surface area contributed by atoms with Crippen molar-refractivity contribution in [3.63, 3.8) is 0 Å². The van der Waals surface area contributed by atoms with Crippen molar-refractivity contribution < 1.29 is 28.3 Å². The van der Waals surface area contributed by atoms with Gasteiger partial charge in [0, 0.05) is 13.1 Å². The van der Waals surface area contributed by atoms with E-state index in [-0.39, 0.29) is 53.7 Å². The van der Waals surface area contributed by atoms with Crippen LogP contribution >= 0.6 is 11.6 Å². The summed E-state index contributed by atoms with van der Waals surface area (Å²) < 4.78 is 24.8. The maximum Gasteiger partial charge on any atom is 0.306 e. The summed E-state index contributed by atoms with van der Waals surface area (Å²) in [6.45, 7) is 2.15. The molecule has 1 amide bonds. The Balaban J connectivity index is 1.94. The quantitative estimate of drug-likeness (QED) is 0.874. The third-order valence-corrected chi connectivity index (χ3v) is 4.42. The lowest BCUT2D eigenvalue weighted by Gasteiger charge is -2.32. The Hall–Kier alpha value is -2.45. The first-order chi connectivity index (χ1) is 12.4. The first kappa shape index (κ1) is 18.3. The van der Waals surface area contributed by atoms with Gasteiger partial charge in [0.15, 0.2) is 0 Å². The summed E-state index contributed by atoms with van der Waals surface area (Å²) in [5, 5.41) is 12.8. The average Bonchev–Trinajstić information content (AvgIpc) is 2.95. The number of halogens is 2. The van der Waals surface area contributed by atoms with Gasteiger partial charge in [0.2, 0.25) is 0 Å². The highest BCUT2D eigenvalue weighted by Gasteiger charge is 2.32. The lowest BCUT2D eigenvalue weighted by atomic mass is 10.0. The van der Waals surface area contributed by atoms with Crippen LogP contribution in [0.4, 0.5) is 4.39 Å². The maximum absolute atomic E-state index is 14.3. The molecule has 7 nitrogen and oxygen atoms in total. The van der Waals surface area contributed by atoms with Gasteiger partial charge in [-0.3, -0.25) is 9.59 Å². The molecule has 138 valence electrons. The molecule has 1 aromatic carbocycles. The number of hydrogen-bond acceptors (Lipinski definition) is 5. The van der Waals surface area contributed by atoms with Gasteiger partial charge in [-0.15, -0.1) is 0 Å². The number of aliphatic carboxylic acids is 1. The number of aromatic nitrogens is 1. The SMILES string of the molecule is Cc1onc(-c2c(F)cccc2Cl)c1C(=O)N1CCOC(CC(=O)O)C1. The van der Waals surface area contributed by atoms with Gasteiger partial charge >= 0.3 is 5.97 Å². The van der Waals surface area contributed by atoms with E-state index in [1.807, 2.05) is 0 Å². The predicted octanol–water partition coefficient (Wildman–Crippen LogP) is 2.76. The van der Waals surface area contributed by atoms with Crippen molar-refractivity contribution in [2.45, 2.75) is 19.4 Å². The number of carbonyl (C=O) groups excluding carboxylic acids is 1. The molecule has 1 unspecified atom stereocenters. The van der Waals surface area contributed by atoms with Crippen LogP contribution < -0.4 is 0 Å². The minimum Gasteiger partial charge on any atom is -0.481 e. The van der Waals surface area contributed by atoms with Gasteiger partial charge in [-0.2, -0.15) is 0 Å². The Bertz CT molecular complexity index is 833. The summed E-state index contributed by atoms with van der Waals surface area (Å²) in [6.07, 6.45) is -0.816. The number of aryl methyl sites for hydroxylation is 1. The molecule has 2 heterocycles. The second kappa shape index (κ2) is 7.43. The van der Waals surface area contributed by atoms with Crippen LogP contribution in [0.5, 0.6) is 0 Å². The van der Waals surface area contributed by atoms with Gasteiger partial charge in [0.05, 0.1) is 29.7 Å². The molecule has 0 bridgehead atoms. The van der Waals surface area contributed by atoms with Crippen LogP contribution in [0.1, 0.15) is 22.5 Å². The third kappa shape index (κ3) is 3.56. The predicted molar refractivity (Wildman–Crippen MR) is 89.5 cm³/mol. The highest BCUT2D eigenvalue weighted by atomic mass is 35.5. The number of rotatable bonds is 4. The third-order valence-electron chi connectivity index (χ3n) is 4.10. The molecule has 1 atom stereocenters. The van der Waals surface area contributed by atoms with Crippen LogP contribution in [0, 0.1) is 12.7 Å². The van der Waals surface area contributed by atoms with Gasteiger partial charge in [0.25, 0.3) is 5.91 Å². The molecule has 0 aliphatic carbocycles. The van der Waals surface area contributed by atoms with E-state index in [9.17, 15) is 14.0 Å². The van der Waals surface area contributed by atoms with Crippen molar-refractivity contribution in [1.82, 2.24) is 10.1 Å². The fourth-order valence-electron chi connectivity index (χ4n) is 2.90. The molecule has 0 radical (unpaired) electrons. The van der Waals surface area contributed by atoms with Crippen molar-refractivity contribution in [2.75, 3.05) is 19.7 Å². The van der Waals surface area contributed by atoms with Crippen molar-refractivity contribution in [2.24, 2.45) is 0 Å². The average molecular weight is 383 g/mol. The van der Waals surface area contributed by atoms with E-state index in [0.717, 1.165) is 0 Å². The topological polar surface area (TPSA) is 92.9 Å². The lowest BCUT2D eigenvalue weighted by molar-refractivity contribution is -0.141. The molecule has 0 saturated carbocycles. The zero-order valence-corrected chi connectivity index (χ0v) is 14.6. The van der Waals surface area contributed by atoms with Crippen molar-refractivity contribution in [1.29, 1.82) is 0 Å². The Morgan fingerprint density at radius 1 is 1.46 bits per heavy atom. The van der Waals surface area contributed by atoms with Crippen LogP contribution in [-0.4, -0.2) is 52.8 Å². The Kier molecular flexibility index (Phi) is 5.24. The van der Waals surface area contributed by atoms with E-state index in [2.05, 4.69) is 5.16 Å². The molecule has 1 aliphatic heterocycles. The van der Waals surface area contributed by atoms with E-state index < -0.39 is 23.8 Å².